The van der Waals surface area contributed by atoms with E-state index >= 15 is 0 Å². The van der Waals surface area contributed by atoms with Crippen LogP contribution in [0.3, 0.4) is 0 Å². The van der Waals surface area contributed by atoms with Gasteiger partial charge in [0.1, 0.15) is 10.5 Å². The zero-order chi connectivity index (χ0) is 18.3. The number of carboxylic acids is 1. The summed E-state index contributed by atoms with van der Waals surface area (Å²) in [6.45, 7) is 6.05. The third-order valence-corrected chi connectivity index (χ3v) is 7.46. The SMILES string of the molecule is CC(C(=O)N1CCCC1)N1CCC2(CC1)OCCc1cc(C(=O)O)sc12. The fourth-order valence-corrected chi connectivity index (χ4v) is 5.78. The van der Waals surface area contributed by atoms with E-state index in [0.717, 1.165) is 68.7 Å². The van der Waals surface area contributed by atoms with Gasteiger partial charge in [0.25, 0.3) is 0 Å². The van der Waals surface area contributed by atoms with Crippen molar-refractivity contribution in [1.82, 2.24) is 9.80 Å². The van der Waals surface area contributed by atoms with Crippen LogP contribution in [0.2, 0.25) is 0 Å². The number of hydrogen-bond donors (Lipinski definition) is 1. The van der Waals surface area contributed by atoms with Crippen molar-refractivity contribution in [3.05, 3.63) is 21.4 Å². The van der Waals surface area contributed by atoms with Crippen LogP contribution >= 0.6 is 11.3 Å². The lowest BCUT2D eigenvalue weighted by Gasteiger charge is -2.45. The summed E-state index contributed by atoms with van der Waals surface area (Å²) >= 11 is 1.37. The van der Waals surface area contributed by atoms with Crippen LogP contribution < -0.4 is 0 Å². The Labute approximate surface area is 157 Å². The van der Waals surface area contributed by atoms with Crippen LogP contribution in [0.25, 0.3) is 0 Å². The van der Waals surface area contributed by atoms with Gasteiger partial charge in [-0.1, -0.05) is 0 Å². The standard InChI is InChI=1S/C19H26N2O4S/c1-13(17(22)21-7-2-3-8-21)20-9-5-19(6-10-20)16-14(4-11-25-19)12-15(26-16)18(23)24/h12-13H,2-11H2,1H3,(H,23,24). The molecule has 0 radical (unpaired) electrons. The minimum Gasteiger partial charge on any atom is -0.477 e. The Bertz CT molecular complexity index is 702. The van der Waals surface area contributed by atoms with E-state index in [9.17, 15) is 14.7 Å². The van der Waals surface area contributed by atoms with Crippen LogP contribution in [-0.4, -0.2) is 65.6 Å². The molecule has 0 saturated carbocycles. The van der Waals surface area contributed by atoms with Crippen LogP contribution in [0.1, 0.15) is 52.7 Å². The lowest BCUT2D eigenvalue weighted by Crippen LogP contribution is -2.53. The number of hydrogen-bond acceptors (Lipinski definition) is 5. The van der Waals surface area contributed by atoms with E-state index in [-0.39, 0.29) is 17.6 Å². The summed E-state index contributed by atoms with van der Waals surface area (Å²) in [5.41, 5.74) is 0.770. The number of nitrogens with zero attached hydrogens (tertiary/aromatic N) is 2. The number of ether oxygens (including phenoxy) is 1. The maximum Gasteiger partial charge on any atom is 0.345 e. The van der Waals surface area contributed by atoms with Gasteiger partial charge in [-0.2, -0.15) is 0 Å². The first-order valence-electron chi connectivity index (χ1n) is 9.53. The minimum absolute atomic E-state index is 0.0913. The molecular formula is C19H26N2O4S. The topological polar surface area (TPSA) is 70.1 Å². The first-order chi connectivity index (χ1) is 12.5. The molecule has 3 aliphatic rings. The van der Waals surface area contributed by atoms with Gasteiger partial charge in [0.15, 0.2) is 0 Å². The summed E-state index contributed by atoms with van der Waals surface area (Å²) in [4.78, 5) is 29.8. The Kier molecular flexibility index (Phi) is 4.79. The van der Waals surface area contributed by atoms with E-state index in [1.54, 1.807) is 0 Å². The fraction of sp³-hybridized carbons (Fsp3) is 0.684. The van der Waals surface area contributed by atoms with Gasteiger partial charge in [-0.3, -0.25) is 9.69 Å². The van der Waals surface area contributed by atoms with Gasteiger partial charge >= 0.3 is 5.97 Å². The quantitative estimate of drug-likeness (QED) is 0.874. The second-order valence-electron chi connectivity index (χ2n) is 7.61. The number of piperidine rings is 1. The number of likely N-dealkylation sites (tertiary alicyclic amines) is 2. The van der Waals surface area contributed by atoms with Gasteiger partial charge in [0.2, 0.25) is 5.91 Å². The van der Waals surface area contributed by atoms with Gasteiger partial charge in [0.05, 0.1) is 12.6 Å². The number of fused-ring (bicyclic) bond motifs is 2. The lowest BCUT2D eigenvalue weighted by atomic mass is 9.85. The molecule has 3 aliphatic heterocycles. The highest BCUT2D eigenvalue weighted by Crippen LogP contribution is 2.45. The second kappa shape index (κ2) is 6.94. The monoisotopic (exact) mass is 378 g/mol. The highest BCUT2D eigenvalue weighted by molar-refractivity contribution is 7.14. The molecule has 6 nitrogen and oxygen atoms in total. The first-order valence-corrected chi connectivity index (χ1v) is 10.4. The van der Waals surface area contributed by atoms with Gasteiger partial charge in [0, 0.05) is 31.1 Å². The van der Waals surface area contributed by atoms with Crippen molar-refractivity contribution in [2.24, 2.45) is 0 Å². The molecule has 0 bridgehead atoms. The van der Waals surface area contributed by atoms with Crippen LogP contribution in [0.15, 0.2) is 6.07 Å². The molecule has 1 aromatic heterocycles. The summed E-state index contributed by atoms with van der Waals surface area (Å²) in [6.07, 6.45) is 4.65. The zero-order valence-corrected chi connectivity index (χ0v) is 16.0. The van der Waals surface area contributed by atoms with Crippen molar-refractivity contribution in [2.75, 3.05) is 32.8 Å². The molecule has 4 heterocycles. The smallest absolute Gasteiger partial charge is 0.345 e. The molecule has 142 valence electrons. The normalized spacial score (nSPS) is 23.8. The fourth-order valence-electron chi connectivity index (χ4n) is 4.53. The Balaban J connectivity index is 1.47. The molecule has 1 atom stereocenters. The van der Waals surface area contributed by atoms with Gasteiger partial charge in [-0.05, 0) is 50.7 Å². The van der Waals surface area contributed by atoms with Gasteiger partial charge in [-0.15, -0.1) is 11.3 Å². The largest absolute Gasteiger partial charge is 0.477 e. The third-order valence-electron chi connectivity index (χ3n) is 6.11. The predicted molar refractivity (Wildman–Crippen MR) is 98.7 cm³/mol. The number of aromatic carboxylic acids is 1. The van der Waals surface area contributed by atoms with Crippen molar-refractivity contribution in [1.29, 1.82) is 0 Å². The summed E-state index contributed by atoms with van der Waals surface area (Å²) in [5.74, 6) is -0.616. The molecule has 1 N–H and O–H groups in total. The molecule has 4 rings (SSSR count). The molecule has 2 saturated heterocycles. The molecule has 1 unspecified atom stereocenters. The molecule has 1 spiro atoms. The number of carboxylic acid groups (broad SMARTS) is 1. The van der Waals surface area contributed by atoms with Crippen molar-refractivity contribution >= 4 is 23.2 Å². The van der Waals surface area contributed by atoms with E-state index in [1.807, 2.05) is 17.9 Å². The van der Waals surface area contributed by atoms with Crippen LogP contribution in [0.5, 0.6) is 0 Å². The Morgan fingerprint density at radius 3 is 2.58 bits per heavy atom. The molecule has 7 heteroatoms. The average molecular weight is 378 g/mol. The second-order valence-corrected chi connectivity index (χ2v) is 8.66. The van der Waals surface area contributed by atoms with Crippen molar-refractivity contribution in [3.63, 3.8) is 0 Å². The molecule has 2 fully saturated rings. The minimum atomic E-state index is -0.859. The summed E-state index contributed by atoms with van der Waals surface area (Å²) in [7, 11) is 0. The number of amides is 1. The molecule has 1 aromatic rings. The highest BCUT2D eigenvalue weighted by Gasteiger charge is 2.44. The summed E-state index contributed by atoms with van der Waals surface area (Å²) < 4.78 is 6.21. The molecule has 1 amide bonds. The predicted octanol–water partition coefficient (Wildman–Crippen LogP) is 2.32. The third kappa shape index (κ3) is 3.06. The Morgan fingerprint density at radius 1 is 1.23 bits per heavy atom. The Hall–Kier alpha value is -1.44. The Morgan fingerprint density at radius 2 is 1.92 bits per heavy atom. The first kappa shape index (κ1) is 17.9. The summed E-state index contributed by atoms with van der Waals surface area (Å²) in [6, 6.07) is 1.73. The van der Waals surface area contributed by atoms with Crippen molar-refractivity contribution < 1.29 is 19.4 Å². The molecule has 26 heavy (non-hydrogen) atoms. The molecular weight excluding hydrogens is 352 g/mol. The lowest BCUT2D eigenvalue weighted by molar-refractivity contribution is -0.139. The number of carbonyl (C=O) groups is 2. The van der Waals surface area contributed by atoms with Gasteiger partial charge in [-0.25, -0.2) is 4.79 Å². The van der Waals surface area contributed by atoms with Crippen LogP contribution in [0, 0.1) is 0 Å². The number of thiophene rings is 1. The van der Waals surface area contributed by atoms with E-state index in [1.165, 1.54) is 11.3 Å². The number of rotatable bonds is 3. The van der Waals surface area contributed by atoms with Gasteiger partial charge < -0.3 is 14.7 Å². The summed E-state index contributed by atoms with van der Waals surface area (Å²) in [5, 5.41) is 9.32. The highest BCUT2D eigenvalue weighted by atomic mass is 32.1. The van der Waals surface area contributed by atoms with E-state index in [4.69, 9.17) is 4.74 Å². The van der Waals surface area contributed by atoms with Crippen LogP contribution in [-0.2, 0) is 21.6 Å². The number of carbonyl (C=O) groups excluding carboxylic acids is 1. The van der Waals surface area contributed by atoms with E-state index in [2.05, 4.69) is 4.90 Å². The molecule has 0 aromatic carbocycles. The maximum atomic E-state index is 12.7. The van der Waals surface area contributed by atoms with Crippen LogP contribution in [0.4, 0.5) is 0 Å². The van der Waals surface area contributed by atoms with E-state index in [0.29, 0.717) is 11.5 Å². The average Bonchev–Trinajstić information content (AvgIpc) is 3.32. The molecule has 0 aliphatic carbocycles. The van der Waals surface area contributed by atoms with Crippen molar-refractivity contribution in [2.45, 2.75) is 50.7 Å². The maximum absolute atomic E-state index is 12.7. The zero-order valence-electron chi connectivity index (χ0n) is 15.2. The van der Waals surface area contributed by atoms with Crippen molar-refractivity contribution in [3.8, 4) is 0 Å². The van der Waals surface area contributed by atoms with E-state index < -0.39 is 5.97 Å².